The number of fused-ring (bicyclic) bond motifs is 2. The van der Waals surface area contributed by atoms with Crippen molar-refractivity contribution in [2.75, 3.05) is 71.0 Å². The molecule has 0 saturated carbocycles. The number of aromatic hydroxyl groups is 2. The minimum atomic E-state index is -1.02. The second-order valence-corrected chi connectivity index (χ2v) is 16.2. The number of amides is 5. The summed E-state index contributed by atoms with van der Waals surface area (Å²) in [5.41, 5.74) is 5.58. The van der Waals surface area contributed by atoms with Crippen molar-refractivity contribution < 1.29 is 48.4 Å². The Kier molecular flexibility index (Phi) is 13.3. The maximum absolute atomic E-state index is 13.9. The van der Waals surface area contributed by atoms with E-state index in [4.69, 9.17) is 14.2 Å². The third kappa shape index (κ3) is 9.69. The summed E-state index contributed by atoms with van der Waals surface area (Å²) in [7, 11) is 0. The molecule has 4 heterocycles. The van der Waals surface area contributed by atoms with Gasteiger partial charge in [0.2, 0.25) is 11.8 Å². The number of phenols is 2. The molecular formula is C47H52N6O10. The average molecular weight is 861 g/mol. The van der Waals surface area contributed by atoms with Crippen LogP contribution in [0.5, 0.6) is 17.2 Å². The van der Waals surface area contributed by atoms with E-state index >= 15 is 0 Å². The van der Waals surface area contributed by atoms with Gasteiger partial charge in [0.25, 0.3) is 17.7 Å². The summed E-state index contributed by atoms with van der Waals surface area (Å²) in [6.07, 6.45) is 0.163. The first-order chi connectivity index (χ1) is 30.5. The number of benzene rings is 4. The van der Waals surface area contributed by atoms with Crippen molar-refractivity contribution in [2.45, 2.75) is 52.0 Å². The first-order valence-electron chi connectivity index (χ1n) is 21.4. The molecule has 0 aromatic heterocycles. The van der Waals surface area contributed by atoms with Crippen LogP contribution in [0, 0.1) is 6.92 Å². The quantitative estimate of drug-likeness (QED) is 0.0887. The number of carbonyl (C=O) groups is 5. The molecule has 4 N–H and O–H groups in total. The lowest BCUT2D eigenvalue weighted by Gasteiger charge is -2.34. The highest BCUT2D eigenvalue weighted by molar-refractivity contribution is 6.25. The maximum Gasteiger partial charge on any atom is 0.264 e. The number of hydrogen-bond donors (Lipinski definition) is 4. The molecule has 2 fully saturated rings. The number of ether oxygens (including phenoxy) is 3. The molecule has 0 bridgehead atoms. The van der Waals surface area contributed by atoms with Gasteiger partial charge in [0.15, 0.2) is 0 Å². The molecule has 5 amide bonds. The maximum atomic E-state index is 13.9. The van der Waals surface area contributed by atoms with Crippen LogP contribution in [0.1, 0.15) is 71.7 Å². The van der Waals surface area contributed by atoms with Gasteiger partial charge >= 0.3 is 0 Å². The number of hydrogen-bond acceptors (Lipinski definition) is 13. The van der Waals surface area contributed by atoms with Crippen LogP contribution in [0.2, 0.25) is 0 Å². The molecule has 63 heavy (non-hydrogen) atoms. The summed E-state index contributed by atoms with van der Waals surface area (Å²) in [4.78, 5) is 71.7. The molecule has 0 radical (unpaired) electrons. The van der Waals surface area contributed by atoms with Gasteiger partial charge in [0.1, 0.15) is 35.5 Å². The second kappa shape index (κ2) is 19.4. The monoisotopic (exact) mass is 860 g/mol. The van der Waals surface area contributed by atoms with Gasteiger partial charge in [0.05, 0.1) is 37.6 Å². The van der Waals surface area contributed by atoms with Gasteiger partial charge in [0, 0.05) is 82.6 Å². The fourth-order valence-corrected chi connectivity index (χ4v) is 8.56. The molecule has 0 aliphatic carbocycles. The highest BCUT2D eigenvalue weighted by Crippen LogP contribution is 2.40. The third-order valence-electron chi connectivity index (χ3n) is 12.0. The number of carbonyl (C=O) groups excluding carboxylic acids is 5. The third-order valence-corrected chi connectivity index (χ3v) is 12.0. The summed E-state index contributed by atoms with van der Waals surface area (Å²) in [5, 5.41) is 26.7. The number of phenolic OH excluding ortho intramolecular Hbond substituents is 2. The van der Waals surface area contributed by atoms with Crippen LogP contribution in [0.4, 0.5) is 5.69 Å². The molecule has 4 aliphatic rings. The zero-order chi connectivity index (χ0) is 44.0. The lowest BCUT2D eigenvalue weighted by molar-refractivity contribution is -0.136. The molecule has 16 heteroatoms. The summed E-state index contributed by atoms with van der Waals surface area (Å²) in [6.45, 7) is 10.1. The molecule has 16 nitrogen and oxygen atoms in total. The van der Waals surface area contributed by atoms with E-state index < -0.39 is 29.7 Å². The largest absolute Gasteiger partial charge is 0.507 e. The highest BCUT2D eigenvalue weighted by Gasteiger charge is 2.45. The van der Waals surface area contributed by atoms with E-state index in [1.54, 1.807) is 30.0 Å². The smallest absolute Gasteiger partial charge is 0.264 e. The van der Waals surface area contributed by atoms with E-state index in [1.165, 1.54) is 11.6 Å². The molecule has 330 valence electrons. The Morgan fingerprint density at radius 1 is 0.794 bits per heavy atom. The normalized spacial score (nSPS) is 17.8. The number of piperidine rings is 1. The average Bonchev–Trinajstić information content (AvgIpc) is 3.82. The van der Waals surface area contributed by atoms with Crippen molar-refractivity contribution in [1.29, 1.82) is 0 Å². The predicted octanol–water partition coefficient (Wildman–Crippen LogP) is 3.81. The molecule has 2 saturated heterocycles. The van der Waals surface area contributed by atoms with Gasteiger partial charge in [-0.15, -0.1) is 0 Å². The zero-order valence-corrected chi connectivity index (χ0v) is 35.3. The van der Waals surface area contributed by atoms with E-state index in [2.05, 4.69) is 38.6 Å². The van der Waals surface area contributed by atoms with Gasteiger partial charge in [-0.05, 0) is 47.7 Å². The molecule has 8 rings (SSSR count). The molecule has 1 unspecified atom stereocenters. The topological polar surface area (TPSA) is 191 Å². The number of imide groups is 2. The Balaban J connectivity index is 0.721. The molecule has 4 aliphatic heterocycles. The van der Waals surface area contributed by atoms with Crippen molar-refractivity contribution in [2.24, 2.45) is 0 Å². The molecule has 4 aromatic carbocycles. The van der Waals surface area contributed by atoms with Crippen LogP contribution >= 0.6 is 0 Å². The van der Waals surface area contributed by atoms with Crippen molar-refractivity contribution in [1.82, 2.24) is 24.9 Å². The molecular weight excluding hydrogens is 809 g/mol. The van der Waals surface area contributed by atoms with Crippen LogP contribution < -0.4 is 15.4 Å². The van der Waals surface area contributed by atoms with E-state index in [9.17, 15) is 34.2 Å². The van der Waals surface area contributed by atoms with Crippen molar-refractivity contribution in [3.63, 3.8) is 0 Å². The SMILES string of the molecule is Cc1c(O)cc(O)c(C(=O)N2Cc3ccc(CN4CCN(CCOCCOCCNc5cccc6c5C(=O)N(C5CCC(=O)NC5=O)C6=O)CC4)cc3C2)c1OCc1ccccc1. The molecule has 1 atom stereocenters. The fraction of sp³-hybridized carbons (Fsp3) is 0.383. The first-order valence-corrected chi connectivity index (χ1v) is 21.4. The summed E-state index contributed by atoms with van der Waals surface area (Å²) in [5.74, 6) is -2.80. The van der Waals surface area contributed by atoms with Gasteiger partial charge < -0.3 is 34.6 Å². The Morgan fingerprint density at radius 2 is 1.54 bits per heavy atom. The van der Waals surface area contributed by atoms with Crippen molar-refractivity contribution >= 4 is 35.2 Å². The molecule has 4 aromatic rings. The Labute approximate surface area is 365 Å². The van der Waals surface area contributed by atoms with E-state index in [1.807, 2.05) is 30.3 Å². The van der Waals surface area contributed by atoms with E-state index in [0.717, 1.165) is 60.9 Å². The molecule has 0 spiro atoms. The van der Waals surface area contributed by atoms with Crippen LogP contribution in [0.25, 0.3) is 0 Å². The summed E-state index contributed by atoms with van der Waals surface area (Å²) < 4.78 is 17.6. The van der Waals surface area contributed by atoms with Gasteiger partial charge in [-0.3, -0.25) is 44.0 Å². The fourth-order valence-electron chi connectivity index (χ4n) is 8.56. The minimum absolute atomic E-state index is 0.0482. The van der Waals surface area contributed by atoms with Crippen molar-refractivity contribution in [3.8, 4) is 17.2 Å². The Hall–Kier alpha value is -6.33. The zero-order valence-electron chi connectivity index (χ0n) is 35.3. The number of nitrogens with zero attached hydrogens (tertiary/aromatic N) is 4. The van der Waals surface area contributed by atoms with Crippen LogP contribution in [0.3, 0.4) is 0 Å². The van der Waals surface area contributed by atoms with Crippen molar-refractivity contribution in [3.05, 3.63) is 117 Å². The number of nitrogens with one attached hydrogen (secondary N) is 2. The lowest BCUT2D eigenvalue weighted by atomic mass is 10.0. The Morgan fingerprint density at radius 3 is 2.32 bits per heavy atom. The van der Waals surface area contributed by atoms with Gasteiger partial charge in [-0.25, -0.2) is 0 Å². The Bertz CT molecular complexity index is 2380. The van der Waals surface area contributed by atoms with Crippen LogP contribution in [0.15, 0.2) is 72.8 Å². The second-order valence-electron chi connectivity index (χ2n) is 16.2. The summed E-state index contributed by atoms with van der Waals surface area (Å²) >= 11 is 0. The standard InChI is InChI=1S/C47H52N6O10/c1-30-38(54)25-39(55)42(43(30)63-29-31-6-3-2-4-7-31)46(59)52-27-33-11-10-32(24-34(33)28-52)26-51-17-15-50(16-18-51)19-21-62-23-22-61-20-14-48-36-9-5-8-35-41(36)47(60)53(45(35)58)37-12-13-40(56)49-44(37)57/h2-11,24-25,37,48,54-55H,12-23,26-29H2,1H3,(H,49,56,57). The predicted molar refractivity (Wildman–Crippen MR) is 230 cm³/mol. The van der Waals surface area contributed by atoms with Crippen LogP contribution in [-0.2, 0) is 45.3 Å². The summed E-state index contributed by atoms with van der Waals surface area (Å²) in [6, 6.07) is 21.0. The lowest BCUT2D eigenvalue weighted by Crippen LogP contribution is -2.54. The van der Waals surface area contributed by atoms with E-state index in [-0.39, 0.29) is 59.3 Å². The van der Waals surface area contributed by atoms with Gasteiger partial charge in [-0.1, -0.05) is 54.6 Å². The van der Waals surface area contributed by atoms with Crippen LogP contribution in [-0.4, -0.2) is 131 Å². The minimum Gasteiger partial charge on any atom is -0.507 e. The first kappa shape index (κ1) is 43.3. The van der Waals surface area contributed by atoms with E-state index in [0.29, 0.717) is 57.3 Å². The highest BCUT2D eigenvalue weighted by atomic mass is 16.5. The van der Waals surface area contributed by atoms with Gasteiger partial charge in [-0.2, -0.15) is 0 Å². The number of piperazine rings is 1. The number of anilines is 1. The number of rotatable bonds is 17.